The number of aromatic nitrogens is 2. The Hall–Kier alpha value is -2.31. The van der Waals surface area contributed by atoms with Gasteiger partial charge in [0, 0.05) is 0 Å². The number of hydrogen-bond donors (Lipinski definition) is 1. The summed E-state index contributed by atoms with van der Waals surface area (Å²) in [7, 11) is 0. The Bertz CT molecular complexity index is 647. The quantitative estimate of drug-likeness (QED) is 0.942. The summed E-state index contributed by atoms with van der Waals surface area (Å²) in [4.78, 5) is 10.9. The van der Waals surface area contributed by atoms with Gasteiger partial charge in [-0.1, -0.05) is 25.1 Å². The fourth-order valence-corrected chi connectivity index (χ4v) is 1.98. The minimum absolute atomic E-state index is 0.231. The van der Waals surface area contributed by atoms with Crippen LogP contribution >= 0.6 is 0 Å². The van der Waals surface area contributed by atoms with E-state index in [1.807, 2.05) is 0 Å². The molecule has 106 valence electrons. The van der Waals surface area contributed by atoms with E-state index >= 15 is 0 Å². The number of carbonyl (C=O) groups is 1. The van der Waals surface area contributed by atoms with Gasteiger partial charge in [0.1, 0.15) is 5.56 Å². The van der Waals surface area contributed by atoms with E-state index in [1.54, 1.807) is 25.1 Å². The first-order valence-corrected chi connectivity index (χ1v) is 5.83. The van der Waals surface area contributed by atoms with Crippen molar-refractivity contribution in [2.75, 3.05) is 0 Å². The Labute approximate surface area is 112 Å². The topological polar surface area (TPSA) is 55.1 Å². The maximum absolute atomic E-state index is 13.1. The Kier molecular flexibility index (Phi) is 3.52. The van der Waals surface area contributed by atoms with Crippen LogP contribution in [0.2, 0.25) is 0 Å². The van der Waals surface area contributed by atoms with Crippen LogP contribution in [0.4, 0.5) is 13.2 Å². The van der Waals surface area contributed by atoms with Gasteiger partial charge in [0.25, 0.3) is 0 Å². The first kappa shape index (κ1) is 14.1. The molecule has 0 unspecified atom stereocenters. The monoisotopic (exact) mass is 284 g/mol. The summed E-state index contributed by atoms with van der Waals surface area (Å²) in [5, 5.41) is 12.5. The maximum Gasteiger partial charge on any atom is 0.434 e. The molecule has 1 aromatic heterocycles. The van der Waals surface area contributed by atoms with Gasteiger partial charge in [-0.2, -0.15) is 18.3 Å². The zero-order chi connectivity index (χ0) is 14.9. The van der Waals surface area contributed by atoms with Gasteiger partial charge in [-0.25, -0.2) is 9.48 Å². The normalized spacial score (nSPS) is 11.6. The molecule has 0 bridgehead atoms. The molecule has 0 aliphatic rings. The molecule has 0 aliphatic heterocycles. The first-order chi connectivity index (χ1) is 9.36. The summed E-state index contributed by atoms with van der Waals surface area (Å²) in [6.45, 7) is 1.80. The van der Waals surface area contributed by atoms with Crippen molar-refractivity contribution in [1.29, 1.82) is 0 Å². The van der Waals surface area contributed by atoms with Crippen molar-refractivity contribution >= 4 is 5.97 Å². The van der Waals surface area contributed by atoms with E-state index in [9.17, 15) is 18.0 Å². The Morgan fingerprint density at radius 2 is 2.00 bits per heavy atom. The van der Waals surface area contributed by atoms with Crippen molar-refractivity contribution in [1.82, 2.24) is 9.78 Å². The van der Waals surface area contributed by atoms with Gasteiger partial charge in [-0.05, 0) is 18.1 Å². The molecule has 0 atom stereocenters. The summed E-state index contributed by atoms with van der Waals surface area (Å²) in [5.74, 6) is -1.66. The summed E-state index contributed by atoms with van der Waals surface area (Å²) in [5.41, 5.74) is -1.25. The predicted octanol–water partition coefficient (Wildman–Crippen LogP) is 3.15. The van der Waals surface area contributed by atoms with Gasteiger partial charge in [-0.3, -0.25) is 0 Å². The van der Waals surface area contributed by atoms with E-state index in [1.165, 1.54) is 6.07 Å². The smallest absolute Gasteiger partial charge is 0.434 e. The van der Waals surface area contributed by atoms with Crippen LogP contribution < -0.4 is 0 Å². The standard InChI is InChI=1S/C13H11F3N2O2/c1-2-8-5-3-4-6-10(8)18-11(13(14,15)16)9(7-17-18)12(19)20/h3-7H,2H2,1H3,(H,19,20). The van der Waals surface area contributed by atoms with E-state index in [0.717, 1.165) is 6.20 Å². The molecule has 0 saturated carbocycles. The predicted molar refractivity (Wildman–Crippen MR) is 64.9 cm³/mol. The zero-order valence-electron chi connectivity index (χ0n) is 10.5. The minimum atomic E-state index is -4.80. The van der Waals surface area contributed by atoms with E-state index in [2.05, 4.69) is 5.10 Å². The number of benzene rings is 1. The number of nitrogens with zero attached hydrogens (tertiary/aromatic N) is 2. The van der Waals surface area contributed by atoms with Crippen LogP contribution in [0.5, 0.6) is 0 Å². The minimum Gasteiger partial charge on any atom is -0.478 e. The number of halogens is 3. The van der Waals surface area contributed by atoms with Crippen molar-refractivity contribution in [3.8, 4) is 5.69 Å². The molecule has 0 saturated heterocycles. The molecule has 20 heavy (non-hydrogen) atoms. The Balaban J connectivity index is 2.72. The van der Waals surface area contributed by atoms with Crippen molar-refractivity contribution < 1.29 is 23.1 Å². The van der Waals surface area contributed by atoms with Crippen LogP contribution in [-0.2, 0) is 12.6 Å². The highest BCUT2D eigenvalue weighted by molar-refractivity contribution is 5.89. The molecule has 0 spiro atoms. The Morgan fingerprint density at radius 1 is 1.35 bits per heavy atom. The highest BCUT2D eigenvalue weighted by atomic mass is 19.4. The number of rotatable bonds is 3. The number of aryl methyl sites for hydroxylation is 1. The molecule has 4 nitrogen and oxygen atoms in total. The molecule has 1 N–H and O–H groups in total. The van der Waals surface area contributed by atoms with Crippen LogP contribution in [0.3, 0.4) is 0 Å². The highest BCUT2D eigenvalue weighted by Gasteiger charge is 2.40. The van der Waals surface area contributed by atoms with Crippen molar-refractivity contribution in [2.45, 2.75) is 19.5 Å². The van der Waals surface area contributed by atoms with Crippen LogP contribution in [0.15, 0.2) is 30.5 Å². The van der Waals surface area contributed by atoms with Crippen molar-refractivity contribution in [2.24, 2.45) is 0 Å². The second-order valence-electron chi connectivity index (χ2n) is 4.10. The molecule has 1 aromatic carbocycles. The molecular weight excluding hydrogens is 273 g/mol. The fourth-order valence-electron chi connectivity index (χ4n) is 1.98. The molecule has 0 amide bonds. The van der Waals surface area contributed by atoms with Gasteiger partial charge in [0.2, 0.25) is 0 Å². The van der Waals surface area contributed by atoms with E-state index in [0.29, 0.717) is 16.7 Å². The summed E-state index contributed by atoms with van der Waals surface area (Å²) < 4.78 is 39.9. The second kappa shape index (κ2) is 4.99. The number of carboxylic acids is 1. The van der Waals surface area contributed by atoms with Crippen molar-refractivity contribution in [3.63, 3.8) is 0 Å². The number of carboxylic acid groups (broad SMARTS) is 1. The van der Waals surface area contributed by atoms with Crippen LogP contribution in [0.1, 0.15) is 28.5 Å². The van der Waals surface area contributed by atoms with E-state index in [4.69, 9.17) is 5.11 Å². The molecule has 0 radical (unpaired) electrons. The van der Waals surface area contributed by atoms with Crippen molar-refractivity contribution in [3.05, 3.63) is 47.3 Å². The lowest BCUT2D eigenvalue weighted by Gasteiger charge is -2.14. The lowest BCUT2D eigenvalue weighted by molar-refractivity contribution is -0.143. The van der Waals surface area contributed by atoms with Gasteiger partial charge >= 0.3 is 12.1 Å². The number of alkyl halides is 3. The van der Waals surface area contributed by atoms with E-state index in [-0.39, 0.29) is 5.69 Å². The lowest BCUT2D eigenvalue weighted by Crippen LogP contribution is -2.18. The molecule has 0 aliphatic carbocycles. The molecule has 0 fully saturated rings. The third-order valence-electron chi connectivity index (χ3n) is 2.87. The van der Waals surface area contributed by atoms with Crippen LogP contribution in [0, 0.1) is 0 Å². The molecular formula is C13H11F3N2O2. The molecule has 2 rings (SSSR count). The van der Waals surface area contributed by atoms with Gasteiger partial charge in [0.15, 0.2) is 5.69 Å². The molecule has 7 heteroatoms. The first-order valence-electron chi connectivity index (χ1n) is 5.83. The Morgan fingerprint density at radius 3 is 2.55 bits per heavy atom. The van der Waals surface area contributed by atoms with Crippen LogP contribution in [0.25, 0.3) is 5.69 Å². The maximum atomic E-state index is 13.1. The largest absolute Gasteiger partial charge is 0.478 e. The third-order valence-corrected chi connectivity index (χ3v) is 2.87. The van der Waals surface area contributed by atoms with E-state index < -0.39 is 23.4 Å². The third kappa shape index (κ3) is 2.38. The van der Waals surface area contributed by atoms with Crippen LogP contribution in [-0.4, -0.2) is 20.9 Å². The average Bonchev–Trinajstić information content (AvgIpc) is 2.83. The summed E-state index contributed by atoms with van der Waals surface area (Å²) in [6, 6.07) is 6.44. The average molecular weight is 284 g/mol. The molecule has 2 aromatic rings. The zero-order valence-corrected chi connectivity index (χ0v) is 10.5. The summed E-state index contributed by atoms with van der Waals surface area (Å²) in [6.07, 6.45) is -3.57. The van der Waals surface area contributed by atoms with Gasteiger partial charge < -0.3 is 5.11 Å². The SMILES string of the molecule is CCc1ccccc1-n1ncc(C(=O)O)c1C(F)(F)F. The number of hydrogen-bond acceptors (Lipinski definition) is 2. The fraction of sp³-hybridized carbons (Fsp3) is 0.231. The lowest BCUT2D eigenvalue weighted by atomic mass is 10.1. The highest BCUT2D eigenvalue weighted by Crippen LogP contribution is 2.34. The molecule has 1 heterocycles. The second-order valence-corrected chi connectivity index (χ2v) is 4.10. The summed E-state index contributed by atoms with van der Waals surface area (Å²) >= 11 is 0. The van der Waals surface area contributed by atoms with Gasteiger partial charge in [0.05, 0.1) is 11.9 Å². The number of aromatic carboxylic acids is 1. The van der Waals surface area contributed by atoms with Gasteiger partial charge in [-0.15, -0.1) is 0 Å². The number of para-hydroxylation sites is 1.